The van der Waals surface area contributed by atoms with E-state index in [9.17, 15) is 14.4 Å². The molecule has 134 valence electrons. The Balaban J connectivity index is 2.85. The van der Waals surface area contributed by atoms with Crippen LogP contribution >= 0.6 is 0 Å². The molecule has 24 heavy (non-hydrogen) atoms. The summed E-state index contributed by atoms with van der Waals surface area (Å²) in [4.78, 5) is 33.4. The van der Waals surface area contributed by atoms with Crippen LogP contribution in [0.4, 0.5) is 4.79 Å². The van der Waals surface area contributed by atoms with Crippen LogP contribution in [0.25, 0.3) is 0 Å². The van der Waals surface area contributed by atoms with Crippen molar-refractivity contribution in [3.8, 4) is 0 Å². The highest BCUT2D eigenvalue weighted by molar-refractivity contribution is 5.83. The van der Waals surface area contributed by atoms with Crippen molar-refractivity contribution in [1.29, 1.82) is 0 Å². The zero-order chi connectivity index (χ0) is 18.3. The van der Waals surface area contributed by atoms with Crippen LogP contribution in [-0.2, 0) is 9.59 Å². The van der Waals surface area contributed by atoms with Gasteiger partial charge in [0.05, 0.1) is 19.6 Å². The van der Waals surface area contributed by atoms with Crippen LogP contribution in [0, 0.1) is 0 Å². The maximum Gasteiger partial charge on any atom is 0.328 e. The van der Waals surface area contributed by atoms with Crippen molar-refractivity contribution in [3.05, 3.63) is 11.8 Å². The lowest BCUT2D eigenvalue weighted by Gasteiger charge is -2.16. The number of rotatable bonds is 9. The van der Waals surface area contributed by atoms with Gasteiger partial charge >= 0.3 is 18.0 Å². The summed E-state index contributed by atoms with van der Waals surface area (Å²) in [6.45, 7) is -1.35. The van der Waals surface area contributed by atoms with Gasteiger partial charge < -0.3 is 41.2 Å². The van der Waals surface area contributed by atoms with E-state index in [0.717, 1.165) is 0 Å². The molecular formula is C11H17N5O8. The molecule has 1 aromatic heterocycles. The fraction of sp³-hybridized carbons (Fsp3) is 0.545. The molecular weight excluding hydrogens is 330 g/mol. The number of urea groups is 1. The number of nitrogens with one attached hydrogen (secondary N) is 2. The Bertz CT molecular complexity index is 591. The average Bonchev–Trinajstić information content (AvgIpc) is 3.00. The van der Waals surface area contributed by atoms with Crippen molar-refractivity contribution in [2.45, 2.75) is 24.5 Å². The summed E-state index contributed by atoms with van der Waals surface area (Å²) in [6, 6.07) is -4.88. The maximum atomic E-state index is 11.7. The number of carbonyl (C=O) groups excluding carboxylic acids is 1. The van der Waals surface area contributed by atoms with Crippen molar-refractivity contribution in [2.75, 3.05) is 13.2 Å². The molecule has 13 heteroatoms. The molecule has 8 N–H and O–H groups in total. The Morgan fingerprint density at radius 3 is 2.21 bits per heavy atom. The van der Waals surface area contributed by atoms with E-state index in [1.54, 1.807) is 0 Å². The second-order valence-electron chi connectivity index (χ2n) is 4.61. The molecule has 0 bridgehead atoms. The van der Waals surface area contributed by atoms with Gasteiger partial charge in [0.15, 0.2) is 6.04 Å². The lowest BCUT2D eigenvalue weighted by molar-refractivity contribution is -0.140. The molecule has 0 aromatic carbocycles. The zero-order valence-electron chi connectivity index (χ0n) is 12.2. The Hall–Kier alpha value is -2.77. The van der Waals surface area contributed by atoms with Crippen LogP contribution in [0.3, 0.4) is 0 Å². The van der Waals surface area contributed by atoms with Crippen molar-refractivity contribution in [1.82, 2.24) is 20.8 Å². The summed E-state index contributed by atoms with van der Waals surface area (Å²) in [5.41, 5.74) is 5.47. The van der Waals surface area contributed by atoms with Gasteiger partial charge in [0.1, 0.15) is 12.1 Å². The highest BCUT2D eigenvalue weighted by atomic mass is 16.4. The van der Waals surface area contributed by atoms with Gasteiger partial charge in [-0.1, -0.05) is 0 Å². The highest BCUT2D eigenvalue weighted by Crippen LogP contribution is 2.18. The van der Waals surface area contributed by atoms with E-state index in [2.05, 4.69) is 15.5 Å². The molecule has 13 nitrogen and oxygen atoms in total. The summed E-state index contributed by atoms with van der Waals surface area (Å²) < 4.78 is 5.10. The van der Waals surface area contributed by atoms with Crippen LogP contribution in [0.1, 0.15) is 30.3 Å². The molecule has 0 spiro atoms. The molecule has 0 saturated carbocycles. The minimum Gasteiger partial charge on any atom is -0.481 e. The Morgan fingerprint density at radius 1 is 1.08 bits per heavy atom. The summed E-state index contributed by atoms with van der Waals surface area (Å²) in [5.74, 6) is -3.23. The number of aliphatic hydroxyl groups is 2. The van der Waals surface area contributed by atoms with E-state index in [1.165, 1.54) is 0 Å². The van der Waals surface area contributed by atoms with Gasteiger partial charge in [-0.25, -0.2) is 9.59 Å². The molecule has 0 aliphatic heterocycles. The van der Waals surface area contributed by atoms with Crippen LogP contribution in [0.5, 0.6) is 0 Å². The van der Waals surface area contributed by atoms with Crippen molar-refractivity contribution < 1.29 is 39.2 Å². The third kappa shape index (κ3) is 5.45. The van der Waals surface area contributed by atoms with Crippen LogP contribution in [0.2, 0.25) is 0 Å². The quantitative estimate of drug-likeness (QED) is 0.244. The third-order valence-corrected chi connectivity index (χ3v) is 2.74. The molecule has 0 unspecified atom stereocenters. The van der Waals surface area contributed by atoms with Crippen LogP contribution in [0.15, 0.2) is 4.42 Å². The molecule has 0 radical (unpaired) electrons. The zero-order valence-corrected chi connectivity index (χ0v) is 12.2. The Kier molecular flexibility index (Phi) is 7.03. The van der Waals surface area contributed by atoms with Gasteiger partial charge in [-0.3, -0.25) is 4.79 Å². The minimum atomic E-state index is -1.57. The van der Waals surface area contributed by atoms with E-state index in [0.29, 0.717) is 0 Å². The monoisotopic (exact) mass is 347 g/mol. The van der Waals surface area contributed by atoms with Gasteiger partial charge in [-0.15, -0.1) is 10.2 Å². The number of hydrogen-bond donors (Lipinski definition) is 7. The molecule has 0 aliphatic rings. The first-order valence-electron chi connectivity index (χ1n) is 6.60. The first-order valence-corrected chi connectivity index (χ1v) is 6.60. The predicted molar refractivity (Wildman–Crippen MR) is 73.5 cm³/mol. The van der Waals surface area contributed by atoms with E-state index in [-0.39, 0.29) is 11.8 Å². The highest BCUT2D eigenvalue weighted by Gasteiger charge is 2.27. The van der Waals surface area contributed by atoms with Crippen molar-refractivity contribution in [3.63, 3.8) is 0 Å². The molecule has 3 atom stereocenters. The van der Waals surface area contributed by atoms with E-state index < -0.39 is 55.7 Å². The average molecular weight is 347 g/mol. The Morgan fingerprint density at radius 2 is 1.71 bits per heavy atom. The van der Waals surface area contributed by atoms with E-state index in [4.69, 9.17) is 30.6 Å². The third-order valence-electron chi connectivity index (χ3n) is 2.74. The largest absolute Gasteiger partial charge is 0.481 e. The smallest absolute Gasteiger partial charge is 0.328 e. The fourth-order valence-corrected chi connectivity index (χ4v) is 1.53. The molecule has 2 amide bonds. The maximum absolute atomic E-state index is 11.7. The standard InChI is InChI=1S/C11H17N5O8/c12-4(2-17)8-15-16-9(24-8)5(1-7(19)20)13-11(23)14-6(3-18)10(21)22/h4-6,17-18H,1-3,12H2,(H,19,20)(H,21,22)(H2,13,14,23)/t4-,5-,6-/m0/s1. The van der Waals surface area contributed by atoms with Gasteiger partial charge in [0, 0.05) is 0 Å². The van der Waals surface area contributed by atoms with Crippen LogP contribution < -0.4 is 16.4 Å². The fourth-order valence-electron chi connectivity index (χ4n) is 1.53. The summed E-state index contributed by atoms with van der Waals surface area (Å²) in [7, 11) is 0. The molecule has 0 aliphatic carbocycles. The number of aliphatic hydroxyl groups excluding tert-OH is 2. The van der Waals surface area contributed by atoms with Crippen molar-refractivity contribution in [2.24, 2.45) is 5.73 Å². The summed E-state index contributed by atoms with van der Waals surface area (Å²) in [5, 5.41) is 46.5. The SMILES string of the molecule is N[C@@H](CO)c1nnc([C@H](CC(=O)O)NC(=O)N[C@@H](CO)C(=O)O)o1. The number of carbonyl (C=O) groups is 3. The summed E-state index contributed by atoms with van der Waals surface area (Å²) >= 11 is 0. The number of hydrogen-bond acceptors (Lipinski definition) is 9. The van der Waals surface area contributed by atoms with Crippen molar-refractivity contribution >= 4 is 18.0 Å². The first-order chi connectivity index (χ1) is 11.3. The molecule has 0 fully saturated rings. The van der Waals surface area contributed by atoms with Gasteiger partial charge in [-0.05, 0) is 0 Å². The lowest BCUT2D eigenvalue weighted by atomic mass is 10.2. The topological polar surface area (TPSA) is 221 Å². The first kappa shape index (κ1) is 19.3. The lowest BCUT2D eigenvalue weighted by Crippen LogP contribution is -2.48. The van der Waals surface area contributed by atoms with Gasteiger partial charge in [0.2, 0.25) is 11.8 Å². The second kappa shape index (κ2) is 8.76. The number of nitrogens with zero attached hydrogens (tertiary/aromatic N) is 2. The van der Waals surface area contributed by atoms with Crippen LogP contribution in [-0.4, -0.2) is 67.8 Å². The number of nitrogens with two attached hydrogens (primary N) is 1. The molecule has 1 aromatic rings. The molecule has 1 heterocycles. The van der Waals surface area contributed by atoms with E-state index >= 15 is 0 Å². The minimum absolute atomic E-state index is 0.163. The number of aromatic nitrogens is 2. The van der Waals surface area contributed by atoms with Gasteiger partial charge in [-0.2, -0.15) is 0 Å². The number of carboxylic acids is 2. The number of aliphatic carboxylic acids is 2. The van der Waals surface area contributed by atoms with E-state index in [1.807, 2.05) is 5.32 Å². The Labute approximate surface area is 134 Å². The molecule has 0 saturated heterocycles. The summed E-state index contributed by atoms with van der Waals surface area (Å²) in [6.07, 6.45) is -0.639. The second-order valence-corrected chi connectivity index (χ2v) is 4.61. The number of carboxylic acid groups (broad SMARTS) is 2. The van der Waals surface area contributed by atoms with Gasteiger partial charge in [0.25, 0.3) is 0 Å². The molecule has 1 rings (SSSR count). The number of amides is 2. The predicted octanol–water partition coefficient (Wildman–Crippen LogP) is -2.68. The normalized spacial score (nSPS) is 14.5.